The lowest BCUT2D eigenvalue weighted by Crippen LogP contribution is -2.31. The second-order valence-electron chi connectivity index (χ2n) is 8.36. The molecule has 2 aliphatic heterocycles. The lowest BCUT2D eigenvalue weighted by atomic mass is 9.95. The summed E-state index contributed by atoms with van der Waals surface area (Å²) in [6.45, 7) is 1.17. The van der Waals surface area contributed by atoms with Gasteiger partial charge in [-0.3, -0.25) is 9.59 Å². The number of hydrogen-bond acceptors (Lipinski definition) is 6. The van der Waals surface area contributed by atoms with Crippen molar-refractivity contribution in [1.82, 2.24) is 4.90 Å². The third-order valence-electron chi connectivity index (χ3n) is 6.27. The Balaban J connectivity index is 1.57. The fraction of sp³-hybridized carbons (Fsp3) is 0.214. The third kappa shape index (κ3) is 4.33. The molecule has 3 aromatic rings. The highest BCUT2D eigenvalue weighted by molar-refractivity contribution is 6.46. The van der Waals surface area contributed by atoms with Crippen molar-refractivity contribution < 1.29 is 28.9 Å². The molecular weight excluding hydrogens is 446 g/mol. The Morgan fingerprint density at radius 2 is 1.69 bits per heavy atom. The Kier molecular flexibility index (Phi) is 6.14. The SMILES string of the molecule is COc1ccc([C@H]2C(=C(O)c3ccc4c(c3)OCCO4)C(=O)C(=O)N2CCc2ccccc2)cc1. The first-order valence-corrected chi connectivity index (χ1v) is 11.4. The first-order valence-electron chi connectivity index (χ1n) is 11.4. The van der Waals surface area contributed by atoms with Crippen LogP contribution in [0.2, 0.25) is 0 Å². The van der Waals surface area contributed by atoms with E-state index in [2.05, 4.69) is 0 Å². The topological polar surface area (TPSA) is 85.3 Å². The van der Waals surface area contributed by atoms with Gasteiger partial charge in [-0.1, -0.05) is 42.5 Å². The highest BCUT2D eigenvalue weighted by atomic mass is 16.6. The number of nitrogens with zero attached hydrogens (tertiary/aromatic N) is 1. The van der Waals surface area contributed by atoms with Crippen molar-refractivity contribution in [1.29, 1.82) is 0 Å². The highest BCUT2D eigenvalue weighted by Gasteiger charge is 2.45. The van der Waals surface area contributed by atoms with Crippen molar-refractivity contribution in [2.75, 3.05) is 26.9 Å². The number of aliphatic hydroxyl groups excluding tert-OH is 1. The molecule has 1 fully saturated rings. The van der Waals surface area contributed by atoms with Gasteiger partial charge in [-0.05, 0) is 47.9 Å². The zero-order valence-corrected chi connectivity index (χ0v) is 19.3. The Morgan fingerprint density at radius 1 is 0.971 bits per heavy atom. The molecule has 178 valence electrons. The number of ether oxygens (including phenoxy) is 3. The Morgan fingerprint density at radius 3 is 2.40 bits per heavy atom. The summed E-state index contributed by atoms with van der Waals surface area (Å²) in [4.78, 5) is 28.0. The molecule has 5 rings (SSSR count). The van der Waals surface area contributed by atoms with Crippen molar-refractivity contribution in [3.8, 4) is 17.2 Å². The summed E-state index contributed by atoms with van der Waals surface area (Å²) in [5, 5.41) is 11.3. The third-order valence-corrected chi connectivity index (χ3v) is 6.27. The normalized spacial score (nSPS) is 18.5. The second kappa shape index (κ2) is 9.54. The summed E-state index contributed by atoms with van der Waals surface area (Å²) in [5.74, 6) is 0.111. The fourth-order valence-electron chi connectivity index (χ4n) is 4.48. The molecule has 2 heterocycles. The zero-order chi connectivity index (χ0) is 24.4. The van der Waals surface area contributed by atoms with E-state index in [1.54, 1.807) is 37.4 Å². The van der Waals surface area contributed by atoms with E-state index in [1.807, 2.05) is 42.5 Å². The molecule has 0 unspecified atom stereocenters. The van der Waals surface area contributed by atoms with Gasteiger partial charge in [-0.25, -0.2) is 0 Å². The summed E-state index contributed by atoms with van der Waals surface area (Å²) >= 11 is 0. The molecule has 0 saturated carbocycles. The minimum atomic E-state index is -0.738. The standard InChI is InChI=1S/C28H25NO6/c1-33-21-10-7-19(8-11-21)25-24(26(30)20-9-12-22-23(17-20)35-16-15-34-22)27(31)28(32)29(25)14-13-18-5-3-2-4-6-18/h2-12,17,25,30H,13-16H2,1H3/t25-/m0/s1. The predicted molar refractivity (Wildman–Crippen MR) is 130 cm³/mol. The number of fused-ring (bicyclic) bond motifs is 1. The molecule has 0 radical (unpaired) electrons. The monoisotopic (exact) mass is 471 g/mol. The van der Waals surface area contributed by atoms with Crippen LogP contribution in [-0.2, 0) is 16.0 Å². The van der Waals surface area contributed by atoms with Crippen LogP contribution in [0.4, 0.5) is 0 Å². The van der Waals surface area contributed by atoms with Crippen molar-refractivity contribution in [3.63, 3.8) is 0 Å². The molecule has 7 nitrogen and oxygen atoms in total. The maximum absolute atomic E-state index is 13.2. The maximum atomic E-state index is 13.2. The van der Waals surface area contributed by atoms with E-state index < -0.39 is 17.7 Å². The van der Waals surface area contributed by atoms with Gasteiger partial charge >= 0.3 is 0 Å². The van der Waals surface area contributed by atoms with Gasteiger partial charge in [-0.15, -0.1) is 0 Å². The van der Waals surface area contributed by atoms with Gasteiger partial charge in [0.05, 0.1) is 18.7 Å². The molecule has 0 spiro atoms. The van der Waals surface area contributed by atoms with Gasteiger partial charge in [-0.2, -0.15) is 0 Å². The minimum Gasteiger partial charge on any atom is -0.507 e. The maximum Gasteiger partial charge on any atom is 0.295 e. The lowest BCUT2D eigenvalue weighted by Gasteiger charge is -2.25. The molecule has 7 heteroatoms. The quantitative estimate of drug-likeness (QED) is 0.331. The van der Waals surface area contributed by atoms with E-state index in [1.165, 1.54) is 4.90 Å². The number of benzene rings is 3. The lowest BCUT2D eigenvalue weighted by molar-refractivity contribution is -0.139. The van der Waals surface area contributed by atoms with Gasteiger partial charge in [0.15, 0.2) is 11.5 Å². The molecule has 1 saturated heterocycles. The van der Waals surface area contributed by atoms with E-state index in [-0.39, 0.29) is 11.3 Å². The van der Waals surface area contributed by atoms with Crippen LogP contribution in [0.25, 0.3) is 5.76 Å². The van der Waals surface area contributed by atoms with E-state index >= 15 is 0 Å². The first kappa shape index (κ1) is 22.5. The van der Waals surface area contributed by atoms with Gasteiger partial charge in [0, 0.05) is 12.1 Å². The minimum absolute atomic E-state index is 0.0462. The van der Waals surface area contributed by atoms with Crippen molar-refractivity contribution in [3.05, 3.63) is 95.1 Å². The number of aliphatic hydroxyl groups is 1. The summed E-state index contributed by atoms with van der Waals surface area (Å²) in [7, 11) is 1.57. The largest absolute Gasteiger partial charge is 0.507 e. The van der Waals surface area contributed by atoms with Crippen molar-refractivity contribution in [2.24, 2.45) is 0 Å². The molecule has 3 aromatic carbocycles. The number of amides is 1. The second-order valence-corrected chi connectivity index (χ2v) is 8.36. The predicted octanol–water partition coefficient (Wildman–Crippen LogP) is 4.13. The number of likely N-dealkylation sites (tertiary alicyclic amines) is 1. The molecule has 1 amide bonds. The molecule has 35 heavy (non-hydrogen) atoms. The Bertz CT molecular complexity index is 1280. The summed E-state index contributed by atoms with van der Waals surface area (Å²) in [6.07, 6.45) is 0.574. The van der Waals surface area contributed by atoms with Crippen LogP contribution >= 0.6 is 0 Å². The zero-order valence-electron chi connectivity index (χ0n) is 19.3. The molecule has 2 aliphatic rings. The molecular formula is C28H25NO6. The summed E-state index contributed by atoms with van der Waals surface area (Å²) < 4.78 is 16.5. The van der Waals surface area contributed by atoms with Gasteiger partial charge in [0.2, 0.25) is 0 Å². The average Bonchev–Trinajstić information content (AvgIpc) is 3.16. The highest BCUT2D eigenvalue weighted by Crippen LogP contribution is 2.41. The number of ketones is 1. The Hall–Kier alpha value is -4.26. The van der Waals surface area contributed by atoms with Crippen LogP contribution in [0.1, 0.15) is 22.7 Å². The summed E-state index contributed by atoms with van der Waals surface area (Å²) in [5.41, 5.74) is 2.19. The number of Topliss-reactive ketones (excluding diaryl/α,β-unsaturated/α-hetero) is 1. The van der Waals surface area contributed by atoms with Crippen LogP contribution in [0, 0.1) is 0 Å². The molecule has 1 atom stereocenters. The van der Waals surface area contributed by atoms with Crippen LogP contribution in [0.5, 0.6) is 17.2 Å². The van der Waals surface area contributed by atoms with E-state index in [0.29, 0.717) is 54.6 Å². The Labute approximate surface area is 203 Å². The molecule has 0 aromatic heterocycles. The number of methoxy groups -OCH3 is 1. The number of hydrogen-bond donors (Lipinski definition) is 1. The smallest absolute Gasteiger partial charge is 0.295 e. The van der Waals surface area contributed by atoms with Crippen LogP contribution in [0.3, 0.4) is 0 Å². The van der Waals surface area contributed by atoms with Crippen molar-refractivity contribution >= 4 is 17.4 Å². The number of carbonyl (C=O) groups excluding carboxylic acids is 2. The van der Waals surface area contributed by atoms with E-state index in [4.69, 9.17) is 14.2 Å². The van der Waals surface area contributed by atoms with Crippen LogP contribution in [-0.4, -0.2) is 48.6 Å². The molecule has 0 aliphatic carbocycles. The van der Waals surface area contributed by atoms with E-state index in [0.717, 1.165) is 5.56 Å². The van der Waals surface area contributed by atoms with Gasteiger partial charge < -0.3 is 24.2 Å². The fourth-order valence-corrected chi connectivity index (χ4v) is 4.48. The molecule has 1 N–H and O–H groups in total. The number of rotatable bonds is 6. The van der Waals surface area contributed by atoms with Crippen LogP contribution in [0.15, 0.2) is 78.4 Å². The van der Waals surface area contributed by atoms with Crippen molar-refractivity contribution in [2.45, 2.75) is 12.5 Å². The van der Waals surface area contributed by atoms with Gasteiger partial charge in [0.25, 0.3) is 11.7 Å². The van der Waals surface area contributed by atoms with Crippen LogP contribution < -0.4 is 14.2 Å². The molecule has 0 bridgehead atoms. The van der Waals surface area contributed by atoms with E-state index in [9.17, 15) is 14.7 Å². The van der Waals surface area contributed by atoms with Gasteiger partial charge in [0.1, 0.15) is 24.7 Å². The summed E-state index contributed by atoms with van der Waals surface area (Å²) in [6, 6.07) is 21.2. The first-order chi connectivity index (χ1) is 17.1. The number of carbonyl (C=O) groups is 2. The average molecular weight is 472 g/mol.